The van der Waals surface area contributed by atoms with E-state index < -0.39 is 0 Å². The van der Waals surface area contributed by atoms with Crippen molar-refractivity contribution in [3.63, 3.8) is 0 Å². The van der Waals surface area contributed by atoms with Gasteiger partial charge in [0, 0.05) is 12.8 Å². The van der Waals surface area contributed by atoms with Crippen LogP contribution in [0.2, 0.25) is 0 Å². The van der Waals surface area contributed by atoms with Crippen LogP contribution in [0.4, 0.5) is 0 Å². The van der Waals surface area contributed by atoms with Gasteiger partial charge in [0.2, 0.25) is 0 Å². The molecule has 0 aromatic heterocycles. The van der Waals surface area contributed by atoms with Gasteiger partial charge in [0.15, 0.2) is 0 Å². The highest BCUT2D eigenvalue weighted by Crippen LogP contribution is 2.14. The smallest absolute Gasteiger partial charge is 0.306 e. The first-order valence-electron chi connectivity index (χ1n) is 9.55. The molecule has 0 aliphatic rings. The summed E-state index contributed by atoms with van der Waals surface area (Å²) in [5.41, 5.74) is 5.27. The van der Waals surface area contributed by atoms with E-state index in [2.05, 4.69) is 13.8 Å². The first kappa shape index (κ1) is 22.1. The Balaban J connectivity index is 3.64. The third-order valence-electron chi connectivity index (χ3n) is 4.10. The lowest BCUT2D eigenvalue weighted by atomic mass is 10.1. The predicted molar refractivity (Wildman–Crippen MR) is 95.3 cm³/mol. The number of ether oxygens (including phenoxy) is 1. The van der Waals surface area contributed by atoms with Gasteiger partial charge in [-0.25, -0.2) is 0 Å². The molecule has 0 aliphatic heterocycles. The predicted octanol–water partition coefficient (Wildman–Crippen LogP) is 4.54. The van der Waals surface area contributed by atoms with Crippen LogP contribution in [-0.2, 0) is 14.3 Å². The van der Waals surface area contributed by atoms with Gasteiger partial charge in [0.1, 0.15) is 11.9 Å². The van der Waals surface area contributed by atoms with E-state index in [0.29, 0.717) is 12.8 Å². The van der Waals surface area contributed by atoms with Gasteiger partial charge in [0.25, 0.3) is 0 Å². The molecule has 4 heteroatoms. The number of nitrogens with two attached hydrogens (primary N) is 1. The molecule has 2 N–H and O–H groups in total. The van der Waals surface area contributed by atoms with E-state index in [1.807, 2.05) is 0 Å². The number of ketones is 1. The third-order valence-corrected chi connectivity index (χ3v) is 4.10. The van der Waals surface area contributed by atoms with Crippen molar-refractivity contribution in [3.8, 4) is 0 Å². The molecule has 0 aromatic carbocycles. The van der Waals surface area contributed by atoms with Crippen molar-refractivity contribution in [2.24, 2.45) is 5.73 Å². The third kappa shape index (κ3) is 14.4. The van der Waals surface area contributed by atoms with Crippen molar-refractivity contribution in [3.05, 3.63) is 0 Å². The van der Waals surface area contributed by atoms with E-state index in [0.717, 1.165) is 57.8 Å². The van der Waals surface area contributed by atoms with Crippen LogP contribution < -0.4 is 5.73 Å². The zero-order valence-electron chi connectivity index (χ0n) is 15.3. The standard InChI is InChI=1S/C19H37NO3/c1-3-5-9-14-18(12-4-2)23-19(22)15-11-8-6-7-10-13-17(21)16-20/h18H,3-16,20H2,1-2H3. The highest BCUT2D eigenvalue weighted by molar-refractivity contribution is 5.80. The van der Waals surface area contributed by atoms with Crippen LogP contribution in [0.25, 0.3) is 0 Å². The highest BCUT2D eigenvalue weighted by atomic mass is 16.5. The minimum atomic E-state index is -0.0433. The lowest BCUT2D eigenvalue weighted by molar-refractivity contribution is -0.150. The summed E-state index contributed by atoms with van der Waals surface area (Å²) in [4.78, 5) is 23.0. The number of hydrogen-bond donors (Lipinski definition) is 1. The molecular weight excluding hydrogens is 290 g/mol. The van der Waals surface area contributed by atoms with Gasteiger partial charge in [-0.05, 0) is 32.1 Å². The molecular formula is C19H37NO3. The number of esters is 1. The van der Waals surface area contributed by atoms with E-state index >= 15 is 0 Å². The van der Waals surface area contributed by atoms with Crippen molar-refractivity contribution in [2.45, 2.75) is 103 Å². The van der Waals surface area contributed by atoms with Crippen molar-refractivity contribution >= 4 is 11.8 Å². The van der Waals surface area contributed by atoms with E-state index in [1.165, 1.54) is 12.8 Å². The second-order valence-electron chi connectivity index (χ2n) is 6.41. The summed E-state index contributed by atoms with van der Waals surface area (Å²) in [5.74, 6) is 0.0943. The zero-order chi connectivity index (χ0) is 17.3. The Morgan fingerprint density at radius 2 is 1.48 bits per heavy atom. The summed E-state index contributed by atoms with van der Waals surface area (Å²) < 4.78 is 5.61. The molecule has 4 nitrogen and oxygen atoms in total. The average Bonchev–Trinajstić information content (AvgIpc) is 2.54. The fraction of sp³-hybridized carbons (Fsp3) is 0.895. The van der Waals surface area contributed by atoms with Crippen LogP contribution in [0, 0.1) is 0 Å². The molecule has 0 fully saturated rings. The van der Waals surface area contributed by atoms with Crippen molar-refractivity contribution < 1.29 is 14.3 Å². The van der Waals surface area contributed by atoms with Gasteiger partial charge < -0.3 is 10.5 Å². The van der Waals surface area contributed by atoms with E-state index in [4.69, 9.17) is 10.5 Å². The van der Waals surface area contributed by atoms with E-state index in [-0.39, 0.29) is 24.4 Å². The van der Waals surface area contributed by atoms with Crippen LogP contribution in [0.3, 0.4) is 0 Å². The molecule has 0 spiro atoms. The van der Waals surface area contributed by atoms with Gasteiger partial charge in [-0.2, -0.15) is 0 Å². The Morgan fingerprint density at radius 1 is 0.826 bits per heavy atom. The first-order valence-corrected chi connectivity index (χ1v) is 9.55. The van der Waals surface area contributed by atoms with E-state index in [9.17, 15) is 9.59 Å². The Hall–Kier alpha value is -0.900. The summed E-state index contributed by atoms with van der Waals surface area (Å²) in [6, 6.07) is 0. The lowest BCUT2D eigenvalue weighted by Crippen LogP contribution is -2.18. The minimum absolute atomic E-state index is 0.0433. The molecule has 136 valence electrons. The summed E-state index contributed by atoms with van der Waals surface area (Å²) in [5, 5.41) is 0. The minimum Gasteiger partial charge on any atom is -0.462 e. The van der Waals surface area contributed by atoms with Gasteiger partial charge in [-0.1, -0.05) is 52.4 Å². The summed E-state index contributed by atoms with van der Waals surface area (Å²) >= 11 is 0. The Bertz CT molecular complexity index is 305. The molecule has 0 saturated carbocycles. The van der Waals surface area contributed by atoms with Crippen molar-refractivity contribution in [1.82, 2.24) is 0 Å². The van der Waals surface area contributed by atoms with Gasteiger partial charge in [-0.3, -0.25) is 9.59 Å². The molecule has 0 aromatic rings. The molecule has 0 bridgehead atoms. The quantitative estimate of drug-likeness (QED) is 0.334. The number of hydrogen-bond acceptors (Lipinski definition) is 4. The highest BCUT2D eigenvalue weighted by Gasteiger charge is 2.13. The second-order valence-corrected chi connectivity index (χ2v) is 6.41. The number of unbranched alkanes of at least 4 members (excludes halogenated alkanes) is 6. The number of Topliss-reactive ketones (excluding diaryl/α,β-unsaturated/α-hetero) is 1. The van der Waals surface area contributed by atoms with Crippen LogP contribution in [0.5, 0.6) is 0 Å². The van der Waals surface area contributed by atoms with Gasteiger partial charge >= 0.3 is 5.97 Å². The van der Waals surface area contributed by atoms with Gasteiger partial charge in [-0.15, -0.1) is 0 Å². The second kappa shape index (κ2) is 16.0. The fourth-order valence-electron chi connectivity index (χ4n) is 2.67. The zero-order valence-corrected chi connectivity index (χ0v) is 15.3. The molecule has 0 heterocycles. The van der Waals surface area contributed by atoms with Crippen LogP contribution in [0.1, 0.15) is 97.3 Å². The average molecular weight is 328 g/mol. The summed E-state index contributed by atoms with van der Waals surface area (Å²) in [6.07, 6.45) is 12.8. The maximum atomic E-state index is 11.9. The number of carbonyl (C=O) groups excluding carboxylic acids is 2. The summed E-state index contributed by atoms with van der Waals surface area (Å²) in [6.45, 7) is 4.48. The monoisotopic (exact) mass is 327 g/mol. The van der Waals surface area contributed by atoms with Crippen LogP contribution in [0.15, 0.2) is 0 Å². The normalized spacial score (nSPS) is 12.1. The molecule has 1 atom stereocenters. The Labute approximate surface area is 142 Å². The maximum absolute atomic E-state index is 11.9. The maximum Gasteiger partial charge on any atom is 0.306 e. The van der Waals surface area contributed by atoms with Crippen LogP contribution >= 0.6 is 0 Å². The molecule has 23 heavy (non-hydrogen) atoms. The topological polar surface area (TPSA) is 69.4 Å². The Morgan fingerprint density at radius 3 is 2.09 bits per heavy atom. The lowest BCUT2D eigenvalue weighted by Gasteiger charge is -2.17. The van der Waals surface area contributed by atoms with Crippen molar-refractivity contribution in [2.75, 3.05) is 6.54 Å². The van der Waals surface area contributed by atoms with E-state index in [1.54, 1.807) is 0 Å². The number of carbonyl (C=O) groups is 2. The fourth-order valence-corrected chi connectivity index (χ4v) is 2.67. The van der Waals surface area contributed by atoms with Gasteiger partial charge in [0.05, 0.1) is 6.54 Å². The first-order chi connectivity index (χ1) is 11.1. The van der Waals surface area contributed by atoms with Crippen molar-refractivity contribution in [1.29, 1.82) is 0 Å². The molecule has 0 amide bonds. The largest absolute Gasteiger partial charge is 0.462 e. The molecule has 0 radical (unpaired) electrons. The molecule has 1 unspecified atom stereocenters. The number of rotatable bonds is 16. The molecule has 0 saturated heterocycles. The Kier molecular flexibility index (Phi) is 15.4. The van der Waals surface area contributed by atoms with Crippen LogP contribution in [-0.4, -0.2) is 24.4 Å². The molecule has 0 rings (SSSR count). The SMILES string of the molecule is CCCCCC(CCC)OC(=O)CCCCCCCC(=O)CN. The molecule has 0 aliphatic carbocycles. The summed E-state index contributed by atoms with van der Waals surface area (Å²) in [7, 11) is 0.